The van der Waals surface area contributed by atoms with E-state index in [9.17, 15) is 4.39 Å². The maximum Gasteiger partial charge on any atom is 0.123 e. The molecule has 116 valence electrons. The zero-order chi connectivity index (χ0) is 15.8. The van der Waals surface area contributed by atoms with E-state index >= 15 is 0 Å². The monoisotopic (exact) mass is 307 g/mol. The predicted octanol–water partition coefficient (Wildman–Crippen LogP) is 5.06. The van der Waals surface area contributed by atoms with Crippen molar-refractivity contribution in [2.24, 2.45) is 0 Å². The largest absolute Gasteiger partial charge is 0.493 e. The second-order valence-electron chi connectivity index (χ2n) is 6.07. The quantitative estimate of drug-likeness (QED) is 0.626. The van der Waals surface area contributed by atoms with E-state index in [0.29, 0.717) is 0 Å². The lowest BCUT2D eigenvalue weighted by Gasteiger charge is -2.13. The van der Waals surface area contributed by atoms with Crippen LogP contribution in [0.1, 0.15) is 24.0 Å². The van der Waals surface area contributed by atoms with Gasteiger partial charge in [0.05, 0.1) is 17.8 Å². The van der Waals surface area contributed by atoms with Crippen molar-refractivity contribution in [1.29, 1.82) is 0 Å². The average molecular weight is 307 g/mol. The van der Waals surface area contributed by atoms with E-state index in [4.69, 9.17) is 9.72 Å². The minimum absolute atomic E-state index is 0.228. The van der Waals surface area contributed by atoms with Gasteiger partial charge in [-0.3, -0.25) is 0 Å². The summed E-state index contributed by atoms with van der Waals surface area (Å²) >= 11 is 0. The Morgan fingerprint density at radius 1 is 1.04 bits per heavy atom. The minimum Gasteiger partial charge on any atom is -0.493 e. The van der Waals surface area contributed by atoms with E-state index in [1.54, 1.807) is 12.1 Å². The maximum atomic E-state index is 13.1. The minimum atomic E-state index is -0.228. The number of aryl methyl sites for hydroxylation is 2. The molecule has 0 bridgehead atoms. The number of ether oxygens (including phenoxy) is 1. The maximum absolute atomic E-state index is 13.1. The van der Waals surface area contributed by atoms with Crippen LogP contribution in [0.2, 0.25) is 0 Å². The topological polar surface area (TPSA) is 22.1 Å². The highest BCUT2D eigenvalue weighted by Gasteiger charge is 2.15. The summed E-state index contributed by atoms with van der Waals surface area (Å²) in [5.74, 6) is 0.767. The van der Waals surface area contributed by atoms with Gasteiger partial charge in [-0.1, -0.05) is 0 Å². The van der Waals surface area contributed by atoms with E-state index in [-0.39, 0.29) is 5.82 Å². The van der Waals surface area contributed by atoms with Gasteiger partial charge < -0.3 is 4.74 Å². The second kappa shape index (κ2) is 5.65. The number of benzene rings is 2. The fourth-order valence-electron chi connectivity index (χ4n) is 3.33. The smallest absolute Gasteiger partial charge is 0.123 e. The molecular weight excluding hydrogens is 289 g/mol. The molecule has 0 amide bonds. The zero-order valence-corrected chi connectivity index (χ0v) is 13.1. The third kappa shape index (κ3) is 2.56. The van der Waals surface area contributed by atoms with Crippen LogP contribution in [-0.2, 0) is 6.42 Å². The molecule has 0 spiro atoms. The highest BCUT2D eigenvalue weighted by atomic mass is 19.1. The van der Waals surface area contributed by atoms with Gasteiger partial charge in [0, 0.05) is 16.5 Å². The molecule has 1 aliphatic heterocycles. The van der Waals surface area contributed by atoms with Crippen molar-refractivity contribution in [3.05, 3.63) is 59.4 Å². The second-order valence-corrected chi connectivity index (χ2v) is 6.07. The molecule has 0 N–H and O–H groups in total. The molecule has 0 atom stereocenters. The van der Waals surface area contributed by atoms with Crippen molar-refractivity contribution < 1.29 is 9.13 Å². The molecule has 3 heteroatoms. The molecule has 2 heterocycles. The first-order chi connectivity index (χ1) is 11.2. The Hall–Kier alpha value is -2.42. The third-order valence-electron chi connectivity index (χ3n) is 4.46. The third-order valence-corrected chi connectivity index (χ3v) is 4.46. The first kappa shape index (κ1) is 14.2. The number of fused-ring (bicyclic) bond motifs is 3. The molecule has 0 fully saturated rings. The van der Waals surface area contributed by atoms with Crippen LogP contribution in [0, 0.1) is 12.7 Å². The standard InChI is InChI=1S/C20H18FNO/c1-13-12-18(14-5-7-15(21)8-6-14)22-17-9-10-19-16(20(13)17)4-2-3-11-23-19/h5-10,12H,2-4,11H2,1H3. The molecule has 1 aromatic heterocycles. The van der Waals surface area contributed by atoms with Gasteiger partial charge in [0.25, 0.3) is 0 Å². The van der Waals surface area contributed by atoms with Gasteiger partial charge in [-0.05, 0) is 74.2 Å². The van der Waals surface area contributed by atoms with Gasteiger partial charge >= 0.3 is 0 Å². The van der Waals surface area contributed by atoms with Crippen LogP contribution in [0.4, 0.5) is 4.39 Å². The van der Waals surface area contributed by atoms with Crippen LogP contribution in [0.5, 0.6) is 5.75 Å². The van der Waals surface area contributed by atoms with Crippen LogP contribution in [0.15, 0.2) is 42.5 Å². The number of aromatic nitrogens is 1. The highest BCUT2D eigenvalue weighted by Crippen LogP contribution is 2.34. The number of halogens is 1. The van der Waals surface area contributed by atoms with E-state index in [0.717, 1.165) is 48.4 Å². The fraction of sp³-hybridized carbons (Fsp3) is 0.250. The summed E-state index contributed by atoms with van der Waals surface area (Å²) in [6.07, 6.45) is 3.27. The SMILES string of the molecule is Cc1cc(-c2ccc(F)cc2)nc2ccc3c(c12)CCCCO3. The van der Waals surface area contributed by atoms with Crippen LogP contribution in [0.25, 0.3) is 22.2 Å². The summed E-state index contributed by atoms with van der Waals surface area (Å²) in [5.41, 5.74) is 5.26. The summed E-state index contributed by atoms with van der Waals surface area (Å²) in [4.78, 5) is 4.80. The van der Waals surface area contributed by atoms with Crippen molar-refractivity contribution in [1.82, 2.24) is 4.98 Å². The first-order valence-corrected chi connectivity index (χ1v) is 8.04. The Morgan fingerprint density at radius 3 is 2.70 bits per heavy atom. The van der Waals surface area contributed by atoms with Crippen LogP contribution in [0.3, 0.4) is 0 Å². The molecule has 4 rings (SSSR count). The highest BCUT2D eigenvalue weighted by molar-refractivity contribution is 5.90. The molecule has 23 heavy (non-hydrogen) atoms. The molecule has 2 nitrogen and oxygen atoms in total. The van der Waals surface area contributed by atoms with Crippen molar-refractivity contribution in [3.63, 3.8) is 0 Å². The van der Waals surface area contributed by atoms with Crippen LogP contribution >= 0.6 is 0 Å². The van der Waals surface area contributed by atoms with E-state index in [2.05, 4.69) is 13.0 Å². The summed E-state index contributed by atoms with van der Waals surface area (Å²) < 4.78 is 19.0. The molecule has 1 aliphatic rings. The Labute approximate surface area is 134 Å². The summed E-state index contributed by atoms with van der Waals surface area (Å²) in [5, 5.41) is 1.20. The van der Waals surface area contributed by atoms with Crippen molar-refractivity contribution in [2.45, 2.75) is 26.2 Å². The Balaban J connectivity index is 1.90. The average Bonchev–Trinajstić information content (AvgIpc) is 2.80. The Bertz CT molecular complexity index is 871. The summed E-state index contributed by atoms with van der Waals surface area (Å²) in [7, 11) is 0. The van der Waals surface area contributed by atoms with Crippen LogP contribution in [-0.4, -0.2) is 11.6 Å². The summed E-state index contributed by atoms with van der Waals surface area (Å²) in [6, 6.07) is 12.6. The molecule has 0 aliphatic carbocycles. The van der Waals surface area contributed by atoms with E-state index in [1.807, 2.05) is 12.1 Å². The number of nitrogens with zero attached hydrogens (tertiary/aromatic N) is 1. The first-order valence-electron chi connectivity index (χ1n) is 8.04. The van der Waals surface area contributed by atoms with Gasteiger partial charge in [0.15, 0.2) is 0 Å². The molecule has 2 aromatic carbocycles. The number of hydrogen-bond acceptors (Lipinski definition) is 2. The van der Waals surface area contributed by atoms with Gasteiger partial charge in [0.1, 0.15) is 11.6 Å². The van der Waals surface area contributed by atoms with Crippen molar-refractivity contribution >= 4 is 10.9 Å². The lowest BCUT2D eigenvalue weighted by molar-refractivity contribution is 0.317. The van der Waals surface area contributed by atoms with E-state index in [1.165, 1.54) is 28.6 Å². The number of pyridine rings is 1. The van der Waals surface area contributed by atoms with Crippen molar-refractivity contribution in [2.75, 3.05) is 6.61 Å². The normalized spacial score (nSPS) is 14.2. The molecule has 0 saturated carbocycles. The van der Waals surface area contributed by atoms with Crippen LogP contribution < -0.4 is 4.74 Å². The summed E-state index contributed by atoms with van der Waals surface area (Å²) in [6.45, 7) is 2.90. The number of rotatable bonds is 1. The lowest BCUT2D eigenvalue weighted by Crippen LogP contribution is -1.97. The lowest BCUT2D eigenvalue weighted by atomic mass is 9.97. The van der Waals surface area contributed by atoms with Gasteiger partial charge in [-0.25, -0.2) is 9.37 Å². The molecule has 0 unspecified atom stereocenters. The fourth-order valence-corrected chi connectivity index (χ4v) is 3.33. The van der Waals surface area contributed by atoms with Gasteiger partial charge in [-0.15, -0.1) is 0 Å². The van der Waals surface area contributed by atoms with Crippen molar-refractivity contribution in [3.8, 4) is 17.0 Å². The molecule has 0 saturated heterocycles. The molecule has 0 radical (unpaired) electrons. The molecular formula is C20H18FNO. The molecule has 3 aromatic rings. The number of hydrogen-bond donors (Lipinski definition) is 0. The Kier molecular flexibility index (Phi) is 3.49. The zero-order valence-electron chi connectivity index (χ0n) is 13.1. The van der Waals surface area contributed by atoms with Gasteiger partial charge in [0.2, 0.25) is 0 Å². The van der Waals surface area contributed by atoms with E-state index < -0.39 is 0 Å². The van der Waals surface area contributed by atoms with Gasteiger partial charge in [-0.2, -0.15) is 0 Å². The Morgan fingerprint density at radius 2 is 1.87 bits per heavy atom. The predicted molar refractivity (Wildman–Crippen MR) is 90.3 cm³/mol.